The van der Waals surface area contributed by atoms with Crippen molar-refractivity contribution in [2.24, 2.45) is 0 Å². The highest BCUT2D eigenvalue weighted by molar-refractivity contribution is 5.07. The van der Waals surface area contributed by atoms with Gasteiger partial charge in [0.2, 0.25) is 5.79 Å². The summed E-state index contributed by atoms with van der Waals surface area (Å²) in [4.78, 5) is 0. The van der Waals surface area contributed by atoms with Crippen LogP contribution >= 0.6 is 0 Å². The molecule has 1 aliphatic heterocycles. The van der Waals surface area contributed by atoms with Crippen LogP contribution in [-0.4, -0.2) is 13.2 Å². The Morgan fingerprint density at radius 2 is 2.54 bits per heavy atom. The second-order valence-electron chi connectivity index (χ2n) is 3.12. The van der Waals surface area contributed by atoms with Gasteiger partial charge in [-0.15, -0.1) is 0 Å². The average Bonchev–Trinajstić information content (AvgIpc) is 2.73. The molecule has 0 bridgehead atoms. The Kier molecular flexibility index (Phi) is 2.38. The Morgan fingerprint density at radius 3 is 3.08 bits per heavy atom. The van der Waals surface area contributed by atoms with Crippen LogP contribution in [0.1, 0.15) is 25.5 Å². The Labute approximate surface area is 77.6 Å². The molecular weight excluding hydrogens is 168 g/mol. The van der Waals surface area contributed by atoms with Gasteiger partial charge in [0.15, 0.2) is 5.76 Å². The zero-order valence-corrected chi connectivity index (χ0v) is 7.79. The molecule has 13 heavy (non-hydrogen) atoms. The standard InChI is InChI=1S/C10H14O3/c1-2-12-10(6-4-8-13-10)9-5-3-7-11-9/h3,5,7H,2,4,6,8H2,1H3. The molecule has 0 N–H and O–H groups in total. The van der Waals surface area contributed by atoms with Gasteiger partial charge in [-0.3, -0.25) is 0 Å². The van der Waals surface area contributed by atoms with Gasteiger partial charge in [0.1, 0.15) is 0 Å². The summed E-state index contributed by atoms with van der Waals surface area (Å²) in [6.07, 6.45) is 3.56. The zero-order valence-electron chi connectivity index (χ0n) is 7.79. The van der Waals surface area contributed by atoms with E-state index in [0.717, 1.165) is 25.2 Å². The molecule has 3 nitrogen and oxygen atoms in total. The highest BCUT2D eigenvalue weighted by Gasteiger charge is 2.40. The van der Waals surface area contributed by atoms with Crippen LogP contribution < -0.4 is 0 Å². The first-order chi connectivity index (χ1) is 6.37. The third-order valence-corrected chi connectivity index (χ3v) is 2.26. The predicted molar refractivity (Wildman–Crippen MR) is 47.2 cm³/mol. The molecule has 1 unspecified atom stereocenters. The second-order valence-corrected chi connectivity index (χ2v) is 3.12. The highest BCUT2D eigenvalue weighted by Crippen LogP contribution is 2.37. The van der Waals surface area contributed by atoms with Gasteiger partial charge in [-0.25, -0.2) is 0 Å². The lowest BCUT2D eigenvalue weighted by Gasteiger charge is -2.25. The zero-order chi connectivity index (χ0) is 9.15. The van der Waals surface area contributed by atoms with Crippen LogP contribution in [0.5, 0.6) is 0 Å². The summed E-state index contributed by atoms with van der Waals surface area (Å²) < 4.78 is 16.6. The van der Waals surface area contributed by atoms with E-state index in [1.54, 1.807) is 6.26 Å². The van der Waals surface area contributed by atoms with Crippen LogP contribution in [-0.2, 0) is 15.3 Å². The van der Waals surface area contributed by atoms with Crippen molar-refractivity contribution in [2.75, 3.05) is 13.2 Å². The van der Waals surface area contributed by atoms with E-state index >= 15 is 0 Å². The van der Waals surface area contributed by atoms with Crippen molar-refractivity contribution in [1.29, 1.82) is 0 Å². The maximum Gasteiger partial charge on any atom is 0.228 e. The Morgan fingerprint density at radius 1 is 1.62 bits per heavy atom. The van der Waals surface area contributed by atoms with Crippen molar-refractivity contribution >= 4 is 0 Å². The van der Waals surface area contributed by atoms with Gasteiger partial charge in [0.05, 0.1) is 12.9 Å². The lowest BCUT2D eigenvalue weighted by Crippen LogP contribution is -2.28. The number of furan rings is 1. The summed E-state index contributed by atoms with van der Waals surface area (Å²) in [5, 5.41) is 0. The Balaban J connectivity index is 2.22. The summed E-state index contributed by atoms with van der Waals surface area (Å²) >= 11 is 0. The summed E-state index contributed by atoms with van der Waals surface area (Å²) in [5.74, 6) is 0.185. The molecule has 0 aromatic carbocycles. The van der Waals surface area contributed by atoms with Gasteiger partial charge in [0.25, 0.3) is 0 Å². The van der Waals surface area contributed by atoms with Gasteiger partial charge in [0, 0.05) is 13.0 Å². The molecule has 2 heterocycles. The van der Waals surface area contributed by atoms with Crippen LogP contribution in [0, 0.1) is 0 Å². The van der Waals surface area contributed by atoms with Gasteiger partial charge in [-0.2, -0.15) is 0 Å². The Hall–Kier alpha value is -0.800. The van der Waals surface area contributed by atoms with Crippen molar-refractivity contribution in [3.05, 3.63) is 24.2 Å². The molecule has 1 atom stereocenters. The molecule has 3 heteroatoms. The molecular formula is C10H14O3. The van der Waals surface area contributed by atoms with Crippen LogP contribution in [0.4, 0.5) is 0 Å². The van der Waals surface area contributed by atoms with Crippen LogP contribution in [0.15, 0.2) is 22.8 Å². The van der Waals surface area contributed by atoms with E-state index in [9.17, 15) is 0 Å². The fraction of sp³-hybridized carbons (Fsp3) is 0.600. The van der Waals surface area contributed by atoms with E-state index < -0.39 is 5.79 Å². The van der Waals surface area contributed by atoms with Crippen molar-refractivity contribution in [2.45, 2.75) is 25.6 Å². The minimum Gasteiger partial charge on any atom is -0.464 e. The van der Waals surface area contributed by atoms with Gasteiger partial charge < -0.3 is 13.9 Å². The van der Waals surface area contributed by atoms with E-state index in [1.807, 2.05) is 19.1 Å². The summed E-state index contributed by atoms with van der Waals surface area (Å²) in [6, 6.07) is 3.76. The van der Waals surface area contributed by atoms with Crippen molar-refractivity contribution < 1.29 is 13.9 Å². The molecule has 1 aliphatic rings. The van der Waals surface area contributed by atoms with Crippen molar-refractivity contribution in [1.82, 2.24) is 0 Å². The third-order valence-electron chi connectivity index (χ3n) is 2.26. The maximum absolute atomic E-state index is 5.62. The minimum absolute atomic E-state index is 0.599. The average molecular weight is 182 g/mol. The minimum atomic E-state index is -0.599. The molecule has 2 rings (SSSR count). The molecule has 1 aromatic heterocycles. The molecule has 0 saturated carbocycles. The first-order valence-electron chi connectivity index (χ1n) is 4.69. The fourth-order valence-electron chi connectivity index (χ4n) is 1.72. The quantitative estimate of drug-likeness (QED) is 0.718. The number of hydrogen-bond donors (Lipinski definition) is 0. The van der Waals surface area contributed by atoms with Gasteiger partial charge in [-0.05, 0) is 25.5 Å². The first kappa shape index (κ1) is 8.78. The molecule has 1 saturated heterocycles. The number of hydrogen-bond acceptors (Lipinski definition) is 3. The molecule has 0 aliphatic carbocycles. The van der Waals surface area contributed by atoms with Crippen LogP contribution in [0.25, 0.3) is 0 Å². The van der Waals surface area contributed by atoms with Gasteiger partial charge >= 0.3 is 0 Å². The summed E-state index contributed by atoms with van der Waals surface area (Å²) in [5.41, 5.74) is 0. The van der Waals surface area contributed by atoms with E-state index in [-0.39, 0.29) is 0 Å². The number of rotatable bonds is 3. The van der Waals surface area contributed by atoms with E-state index in [1.165, 1.54) is 0 Å². The number of ether oxygens (including phenoxy) is 2. The monoisotopic (exact) mass is 182 g/mol. The van der Waals surface area contributed by atoms with Crippen LogP contribution in [0.3, 0.4) is 0 Å². The molecule has 0 radical (unpaired) electrons. The van der Waals surface area contributed by atoms with Crippen molar-refractivity contribution in [3.8, 4) is 0 Å². The van der Waals surface area contributed by atoms with E-state index in [4.69, 9.17) is 13.9 Å². The second kappa shape index (κ2) is 3.52. The lowest BCUT2D eigenvalue weighted by molar-refractivity contribution is -0.226. The predicted octanol–water partition coefficient (Wildman–Crippen LogP) is 2.28. The smallest absolute Gasteiger partial charge is 0.228 e. The molecule has 72 valence electrons. The van der Waals surface area contributed by atoms with E-state index in [2.05, 4.69) is 0 Å². The lowest BCUT2D eigenvalue weighted by atomic mass is 10.1. The van der Waals surface area contributed by atoms with Gasteiger partial charge in [-0.1, -0.05) is 0 Å². The van der Waals surface area contributed by atoms with Crippen molar-refractivity contribution in [3.63, 3.8) is 0 Å². The molecule has 0 spiro atoms. The third kappa shape index (κ3) is 1.49. The fourth-order valence-corrected chi connectivity index (χ4v) is 1.72. The highest BCUT2D eigenvalue weighted by atomic mass is 16.7. The summed E-state index contributed by atoms with van der Waals surface area (Å²) in [7, 11) is 0. The van der Waals surface area contributed by atoms with E-state index in [0.29, 0.717) is 6.61 Å². The molecule has 0 amide bonds. The normalized spacial score (nSPS) is 28.1. The molecule has 1 fully saturated rings. The molecule has 1 aromatic rings. The summed E-state index contributed by atoms with van der Waals surface area (Å²) in [6.45, 7) is 3.35. The largest absolute Gasteiger partial charge is 0.464 e. The maximum atomic E-state index is 5.62. The topological polar surface area (TPSA) is 31.6 Å². The first-order valence-corrected chi connectivity index (χ1v) is 4.69. The van der Waals surface area contributed by atoms with Crippen LogP contribution in [0.2, 0.25) is 0 Å². The Bertz CT molecular complexity index is 247. The SMILES string of the molecule is CCOC1(c2ccco2)CCCO1.